The van der Waals surface area contributed by atoms with E-state index in [-0.39, 0.29) is 5.69 Å². The molecule has 0 unspecified atom stereocenters. The van der Waals surface area contributed by atoms with Crippen LogP contribution in [0.15, 0.2) is 47.3 Å². The molecule has 102 valence electrons. The van der Waals surface area contributed by atoms with Crippen molar-refractivity contribution >= 4 is 11.0 Å². The van der Waals surface area contributed by atoms with Gasteiger partial charge in [-0.15, -0.1) is 0 Å². The molecule has 4 heteroatoms. The lowest BCUT2D eigenvalue weighted by molar-refractivity contribution is 0.419. The third kappa shape index (κ3) is 2.09. The number of H-pyrrole nitrogens is 1. The highest BCUT2D eigenvalue weighted by molar-refractivity contribution is 5.81. The molecule has 0 aliphatic heterocycles. The van der Waals surface area contributed by atoms with Crippen LogP contribution in [0.2, 0.25) is 0 Å². The Morgan fingerprint density at radius 1 is 1.15 bits per heavy atom. The molecule has 0 saturated carbocycles. The first kappa shape index (κ1) is 12.5. The summed E-state index contributed by atoms with van der Waals surface area (Å²) < 4.78 is 7.00. The Bertz CT molecular complexity index is 797. The zero-order valence-electron chi connectivity index (χ0n) is 11.5. The third-order valence-electron chi connectivity index (χ3n) is 3.45. The van der Waals surface area contributed by atoms with Crippen LogP contribution in [0.1, 0.15) is 11.1 Å². The fraction of sp³-hybridized carbons (Fsp3) is 0.188. The lowest BCUT2D eigenvalue weighted by atomic mass is 10.1. The number of hydrogen-bond acceptors (Lipinski definition) is 2. The minimum absolute atomic E-state index is 0.120. The minimum Gasteiger partial charge on any atom is -0.494 e. The van der Waals surface area contributed by atoms with Crippen LogP contribution in [0, 0.1) is 6.92 Å². The maximum atomic E-state index is 12.1. The van der Waals surface area contributed by atoms with E-state index in [1.807, 2.05) is 37.3 Å². The fourth-order valence-electron chi connectivity index (χ4n) is 2.36. The minimum atomic E-state index is -0.120. The maximum Gasteiger partial charge on any atom is 0.326 e. The van der Waals surface area contributed by atoms with Gasteiger partial charge in [-0.25, -0.2) is 4.79 Å². The molecule has 0 aliphatic carbocycles. The second-order valence-corrected chi connectivity index (χ2v) is 4.86. The number of para-hydroxylation sites is 1. The van der Waals surface area contributed by atoms with Gasteiger partial charge in [-0.3, -0.25) is 4.57 Å². The van der Waals surface area contributed by atoms with Crippen LogP contribution in [0.25, 0.3) is 11.0 Å². The van der Waals surface area contributed by atoms with E-state index < -0.39 is 0 Å². The number of nitrogens with zero attached hydrogens (tertiary/aromatic N) is 1. The topological polar surface area (TPSA) is 47.0 Å². The summed E-state index contributed by atoms with van der Waals surface area (Å²) in [4.78, 5) is 15.0. The van der Waals surface area contributed by atoms with Gasteiger partial charge in [0.1, 0.15) is 11.3 Å². The van der Waals surface area contributed by atoms with Crippen molar-refractivity contribution in [2.75, 3.05) is 7.11 Å². The molecule has 3 rings (SSSR count). The molecule has 0 saturated heterocycles. The van der Waals surface area contributed by atoms with Gasteiger partial charge in [0.25, 0.3) is 0 Å². The van der Waals surface area contributed by atoms with Gasteiger partial charge in [-0.1, -0.05) is 35.9 Å². The molecule has 1 aromatic heterocycles. The first-order chi connectivity index (χ1) is 9.69. The van der Waals surface area contributed by atoms with Crippen LogP contribution in [0.4, 0.5) is 0 Å². The summed E-state index contributed by atoms with van der Waals surface area (Å²) in [5.74, 6) is 0.683. The second-order valence-electron chi connectivity index (χ2n) is 4.86. The maximum absolute atomic E-state index is 12.1. The first-order valence-corrected chi connectivity index (χ1v) is 6.50. The van der Waals surface area contributed by atoms with Gasteiger partial charge in [0, 0.05) is 0 Å². The number of fused-ring (bicyclic) bond motifs is 1. The van der Waals surface area contributed by atoms with Crippen molar-refractivity contribution in [1.29, 1.82) is 0 Å². The summed E-state index contributed by atoms with van der Waals surface area (Å²) in [6, 6.07) is 13.8. The van der Waals surface area contributed by atoms with E-state index in [9.17, 15) is 4.79 Å². The van der Waals surface area contributed by atoms with Crippen molar-refractivity contribution in [3.8, 4) is 5.75 Å². The van der Waals surface area contributed by atoms with Crippen LogP contribution in [0.5, 0.6) is 5.75 Å². The van der Waals surface area contributed by atoms with Gasteiger partial charge < -0.3 is 9.72 Å². The number of nitrogens with one attached hydrogen (secondary N) is 1. The molecule has 2 aromatic carbocycles. The molecule has 1 heterocycles. The molecule has 0 fully saturated rings. The van der Waals surface area contributed by atoms with Gasteiger partial charge in [-0.05, 0) is 24.6 Å². The third-order valence-corrected chi connectivity index (χ3v) is 3.45. The van der Waals surface area contributed by atoms with Crippen LogP contribution in [0.3, 0.4) is 0 Å². The number of rotatable bonds is 3. The van der Waals surface area contributed by atoms with Crippen LogP contribution < -0.4 is 10.4 Å². The first-order valence-electron chi connectivity index (χ1n) is 6.50. The number of hydrogen-bond donors (Lipinski definition) is 1. The van der Waals surface area contributed by atoms with E-state index in [1.54, 1.807) is 11.7 Å². The monoisotopic (exact) mass is 268 g/mol. The van der Waals surface area contributed by atoms with E-state index in [1.165, 1.54) is 5.56 Å². The van der Waals surface area contributed by atoms with Crippen molar-refractivity contribution in [3.63, 3.8) is 0 Å². The number of benzene rings is 2. The molecule has 0 bridgehead atoms. The molecular weight excluding hydrogens is 252 g/mol. The molecule has 0 aliphatic rings. The number of aromatic amines is 1. The number of imidazole rings is 1. The summed E-state index contributed by atoms with van der Waals surface area (Å²) in [7, 11) is 1.60. The molecule has 0 radical (unpaired) electrons. The van der Waals surface area contributed by atoms with Crippen LogP contribution in [-0.4, -0.2) is 16.7 Å². The Morgan fingerprint density at radius 3 is 2.60 bits per heavy atom. The standard InChI is InChI=1S/C16H16N2O2/c1-11-6-8-12(9-7-11)10-18-13-4-3-5-14(20-2)15(13)17-16(18)19/h3-9H,10H2,1-2H3,(H,17,19). The van der Waals surface area contributed by atoms with E-state index in [4.69, 9.17) is 4.74 Å². The smallest absolute Gasteiger partial charge is 0.326 e. The average Bonchev–Trinajstić information content (AvgIpc) is 2.77. The summed E-state index contributed by atoms with van der Waals surface area (Å²) in [6.45, 7) is 2.60. The Kier molecular flexibility index (Phi) is 3.06. The number of aryl methyl sites for hydroxylation is 1. The Morgan fingerprint density at radius 2 is 1.90 bits per heavy atom. The highest BCUT2D eigenvalue weighted by atomic mass is 16.5. The fourth-order valence-corrected chi connectivity index (χ4v) is 2.36. The summed E-state index contributed by atoms with van der Waals surface area (Å²) >= 11 is 0. The van der Waals surface area contributed by atoms with Gasteiger partial charge in [0.2, 0.25) is 0 Å². The highest BCUT2D eigenvalue weighted by Crippen LogP contribution is 2.22. The normalized spacial score (nSPS) is 10.9. The Labute approximate surface area is 116 Å². The summed E-state index contributed by atoms with van der Waals surface area (Å²) in [5, 5.41) is 0. The molecule has 1 N–H and O–H groups in total. The van der Waals surface area contributed by atoms with Crippen molar-refractivity contribution in [2.45, 2.75) is 13.5 Å². The molecule has 0 atom stereocenters. The number of ether oxygens (including phenoxy) is 1. The van der Waals surface area contributed by atoms with Gasteiger partial charge in [0.15, 0.2) is 0 Å². The van der Waals surface area contributed by atoms with E-state index in [0.29, 0.717) is 12.3 Å². The van der Waals surface area contributed by atoms with Gasteiger partial charge >= 0.3 is 5.69 Å². The molecule has 20 heavy (non-hydrogen) atoms. The van der Waals surface area contributed by atoms with Gasteiger partial charge in [0.05, 0.1) is 19.2 Å². The summed E-state index contributed by atoms with van der Waals surface area (Å²) in [6.07, 6.45) is 0. The van der Waals surface area contributed by atoms with Crippen molar-refractivity contribution in [2.24, 2.45) is 0 Å². The zero-order chi connectivity index (χ0) is 14.1. The molecule has 3 aromatic rings. The predicted octanol–water partition coefficient (Wildman–Crippen LogP) is 2.69. The SMILES string of the molecule is COc1cccc2c1[nH]c(=O)n2Cc1ccc(C)cc1. The highest BCUT2D eigenvalue weighted by Gasteiger charge is 2.10. The molecule has 4 nitrogen and oxygen atoms in total. The lowest BCUT2D eigenvalue weighted by Gasteiger charge is -2.05. The summed E-state index contributed by atoms with van der Waals surface area (Å²) in [5.41, 5.74) is 3.79. The van der Waals surface area contributed by atoms with E-state index in [0.717, 1.165) is 16.6 Å². The molecular formula is C16H16N2O2. The second kappa shape index (κ2) is 4.89. The average molecular weight is 268 g/mol. The van der Waals surface area contributed by atoms with E-state index >= 15 is 0 Å². The number of aromatic nitrogens is 2. The lowest BCUT2D eigenvalue weighted by Crippen LogP contribution is -2.17. The van der Waals surface area contributed by atoms with Crippen LogP contribution >= 0.6 is 0 Å². The Balaban J connectivity index is 2.10. The van der Waals surface area contributed by atoms with E-state index in [2.05, 4.69) is 17.1 Å². The van der Waals surface area contributed by atoms with Crippen molar-refractivity contribution in [3.05, 3.63) is 64.1 Å². The van der Waals surface area contributed by atoms with Gasteiger partial charge in [-0.2, -0.15) is 0 Å². The quantitative estimate of drug-likeness (QED) is 0.794. The zero-order valence-corrected chi connectivity index (χ0v) is 11.5. The Hall–Kier alpha value is -2.49. The number of methoxy groups -OCH3 is 1. The largest absolute Gasteiger partial charge is 0.494 e. The molecule has 0 amide bonds. The van der Waals surface area contributed by atoms with Crippen molar-refractivity contribution < 1.29 is 4.74 Å². The van der Waals surface area contributed by atoms with Crippen LogP contribution in [-0.2, 0) is 6.54 Å². The molecule has 0 spiro atoms. The van der Waals surface area contributed by atoms with Crippen molar-refractivity contribution in [1.82, 2.24) is 9.55 Å². The predicted molar refractivity (Wildman–Crippen MR) is 79.4 cm³/mol.